The highest BCUT2D eigenvalue weighted by molar-refractivity contribution is 7.53. The third-order valence-electron chi connectivity index (χ3n) is 14.3. The number of benzene rings is 6. The molecule has 0 bridgehead atoms. The average Bonchev–Trinajstić information content (AvgIpc) is 3.85. The summed E-state index contributed by atoms with van der Waals surface area (Å²) < 4.78 is 63.4. The maximum Gasteiger partial charge on any atom is 0.407 e. The quantitative estimate of drug-likeness (QED) is 0.0531. The van der Waals surface area contributed by atoms with Crippen molar-refractivity contribution in [3.8, 4) is 28.4 Å². The number of carbonyl (C=O) groups excluding carboxylic acids is 2. The van der Waals surface area contributed by atoms with Crippen molar-refractivity contribution in [1.82, 2.24) is 5.32 Å². The Hall–Kier alpha value is -6.43. The Morgan fingerprint density at radius 2 is 1.09 bits per heavy atom. The molecule has 6 aromatic rings. The largest absolute Gasteiger partial charge is 0.497 e. The topological polar surface area (TPSA) is 137 Å². The molecule has 1 aliphatic carbocycles. The van der Waals surface area contributed by atoms with Crippen LogP contribution in [0.25, 0.3) is 11.1 Å². The number of alkyl carbamates (subject to hydrolysis) is 1. The molecule has 5 atom stereocenters. The molecule has 1 N–H and O–H groups in total. The summed E-state index contributed by atoms with van der Waals surface area (Å²) in [6, 6.07) is 45.1. The summed E-state index contributed by atoms with van der Waals surface area (Å²) in [4.78, 5) is 27.1. The molecule has 1 aliphatic heterocycles. The molecular weight excluding hydrogens is 978 g/mol. The number of carbonyl (C=O) groups is 2. The molecule has 3 unspecified atom stereocenters. The highest BCUT2D eigenvalue weighted by Crippen LogP contribution is 2.50. The van der Waals surface area contributed by atoms with E-state index in [1.165, 1.54) is 17.8 Å². The Kier molecular flexibility index (Phi) is 16.3. The van der Waals surface area contributed by atoms with E-state index in [0.717, 1.165) is 56.0 Å². The molecule has 1 saturated heterocycles. The van der Waals surface area contributed by atoms with Crippen molar-refractivity contribution in [2.45, 2.75) is 123 Å². The van der Waals surface area contributed by atoms with Gasteiger partial charge in [0.2, 0.25) is 0 Å². The van der Waals surface area contributed by atoms with E-state index in [4.69, 9.17) is 37.5 Å². The van der Waals surface area contributed by atoms with Gasteiger partial charge in [0.25, 0.3) is 0 Å². The molecule has 1 amide bonds. The first kappa shape index (κ1) is 55.8. The van der Waals surface area contributed by atoms with Crippen LogP contribution in [0.4, 0.5) is 4.79 Å². The minimum absolute atomic E-state index is 0.0692. The molecule has 0 spiro atoms. The molecule has 76 heavy (non-hydrogen) atoms. The first-order valence-corrected chi connectivity index (χ1v) is 28.0. The molecule has 1 fully saturated rings. The van der Waals surface area contributed by atoms with Gasteiger partial charge in [-0.15, -0.1) is 0 Å². The number of fused-ring (bicyclic) bond motifs is 3. The summed E-state index contributed by atoms with van der Waals surface area (Å²) in [5.41, 5.74) is 8.32. The van der Waals surface area contributed by atoms with Crippen molar-refractivity contribution in [2.24, 2.45) is 5.41 Å². The van der Waals surface area contributed by atoms with Gasteiger partial charge in [0.1, 0.15) is 48.3 Å². The Morgan fingerprint density at radius 1 is 0.605 bits per heavy atom. The molecule has 12 nitrogen and oxygen atoms in total. The average molecular weight is 1050 g/mol. The summed E-state index contributed by atoms with van der Waals surface area (Å²) in [5, 5.41) is 2.98. The molecule has 0 aromatic heterocycles. The van der Waals surface area contributed by atoms with E-state index >= 15 is 0 Å². The lowest BCUT2D eigenvalue weighted by Gasteiger charge is -2.36. The maximum absolute atomic E-state index is 14.6. The van der Waals surface area contributed by atoms with Gasteiger partial charge < -0.3 is 38.3 Å². The first-order chi connectivity index (χ1) is 35.9. The van der Waals surface area contributed by atoms with Crippen LogP contribution in [0.3, 0.4) is 0 Å². The van der Waals surface area contributed by atoms with Crippen LogP contribution in [0.15, 0.2) is 140 Å². The van der Waals surface area contributed by atoms with Crippen molar-refractivity contribution in [1.29, 1.82) is 0 Å². The predicted molar refractivity (Wildman–Crippen MR) is 297 cm³/mol. The fraction of sp³-hybridized carbons (Fsp3) is 0.397. The van der Waals surface area contributed by atoms with Crippen LogP contribution >= 0.6 is 7.60 Å². The zero-order valence-corrected chi connectivity index (χ0v) is 47.1. The predicted octanol–water partition coefficient (Wildman–Crippen LogP) is 13.7. The van der Waals surface area contributed by atoms with E-state index in [9.17, 15) is 14.2 Å². The van der Waals surface area contributed by atoms with Gasteiger partial charge in [-0.3, -0.25) is 9.32 Å². The van der Waals surface area contributed by atoms with Gasteiger partial charge in [-0.1, -0.05) is 145 Å². The van der Waals surface area contributed by atoms with Crippen LogP contribution in [-0.2, 0) is 55.9 Å². The molecular formula is C63H74NO11P. The summed E-state index contributed by atoms with van der Waals surface area (Å²) >= 11 is 0. The fourth-order valence-corrected chi connectivity index (χ4v) is 11.2. The number of methoxy groups -OCH3 is 2. The van der Waals surface area contributed by atoms with E-state index in [-0.39, 0.29) is 42.3 Å². The molecule has 13 heteroatoms. The van der Waals surface area contributed by atoms with Gasteiger partial charge >= 0.3 is 19.7 Å². The zero-order valence-electron chi connectivity index (χ0n) is 46.2. The van der Waals surface area contributed by atoms with E-state index in [2.05, 4.69) is 83.3 Å². The molecule has 2 aliphatic rings. The lowest BCUT2D eigenvalue weighted by Crippen LogP contribution is -2.49. The minimum Gasteiger partial charge on any atom is -0.497 e. The smallest absolute Gasteiger partial charge is 0.407 e. The minimum atomic E-state index is -3.99. The van der Waals surface area contributed by atoms with Gasteiger partial charge in [0.05, 0.1) is 38.4 Å². The van der Waals surface area contributed by atoms with Crippen molar-refractivity contribution < 1.29 is 51.6 Å². The number of hydrogen-bond donors (Lipinski definition) is 1. The lowest BCUT2D eigenvalue weighted by atomic mass is 9.80. The standard InChI is InChI=1S/C63H74NO11P/c1-40-56(64-59(66)71-38-54-52-35-45(60(2,3)4)25-33-50(52)51-34-26-46(36-53(51)54)61(5,6)7)57(55(73-40)39-70-58(65)62(8,9)10)75-76(13,67)74-49-27-19-41(20-28-49)37-72-63(42-17-15-14-16-18-42,43-21-29-47(68-11)30-22-43)44-23-31-48(69-12)32-24-44/h14-36,40,54-57H,37-39H2,1-13H3,(H,64,66)/t40-,55+,56?,57?,76?/m0/s1. The molecule has 1 heterocycles. The number of ether oxygens (including phenoxy) is 6. The van der Waals surface area contributed by atoms with E-state index < -0.39 is 55.0 Å². The third kappa shape index (κ3) is 12.4. The van der Waals surface area contributed by atoms with Crippen LogP contribution < -0.4 is 19.3 Å². The van der Waals surface area contributed by atoms with Crippen LogP contribution in [0.5, 0.6) is 17.2 Å². The normalized spacial score (nSPS) is 18.5. The summed E-state index contributed by atoms with van der Waals surface area (Å²) in [5.74, 6) is 1.05. The number of nitrogens with one attached hydrogen (secondary N) is 1. The highest BCUT2D eigenvalue weighted by Gasteiger charge is 2.48. The second-order valence-corrected chi connectivity index (χ2v) is 25.0. The van der Waals surface area contributed by atoms with Gasteiger partial charge in [0, 0.05) is 12.6 Å². The zero-order chi connectivity index (χ0) is 54.8. The van der Waals surface area contributed by atoms with Gasteiger partial charge in [-0.2, -0.15) is 0 Å². The van der Waals surface area contributed by atoms with Crippen molar-refractivity contribution >= 4 is 19.7 Å². The lowest BCUT2D eigenvalue weighted by molar-refractivity contribution is -0.158. The first-order valence-electron chi connectivity index (χ1n) is 26.0. The number of hydrogen-bond acceptors (Lipinski definition) is 11. The van der Waals surface area contributed by atoms with Crippen molar-refractivity contribution in [2.75, 3.05) is 34.1 Å². The second-order valence-electron chi connectivity index (χ2n) is 23.0. The molecule has 0 radical (unpaired) electrons. The summed E-state index contributed by atoms with van der Waals surface area (Å²) in [6.07, 6.45) is -3.34. The van der Waals surface area contributed by atoms with Gasteiger partial charge in [-0.25, -0.2) is 9.36 Å². The number of amides is 1. The van der Waals surface area contributed by atoms with E-state index in [1.54, 1.807) is 54.0 Å². The Labute approximate surface area is 449 Å². The second kappa shape index (κ2) is 22.3. The summed E-state index contributed by atoms with van der Waals surface area (Å²) in [6.45, 7) is 21.6. The molecule has 0 saturated carbocycles. The monoisotopic (exact) mass is 1050 g/mol. The molecule has 402 valence electrons. The Morgan fingerprint density at radius 3 is 1.58 bits per heavy atom. The molecule has 6 aromatic carbocycles. The number of esters is 1. The van der Waals surface area contributed by atoms with Crippen LogP contribution in [-0.4, -0.2) is 70.5 Å². The van der Waals surface area contributed by atoms with Crippen molar-refractivity contribution in [3.05, 3.63) is 184 Å². The maximum atomic E-state index is 14.6. The van der Waals surface area contributed by atoms with Gasteiger partial charge in [-0.05, 0) is 131 Å². The van der Waals surface area contributed by atoms with Crippen molar-refractivity contribution in [3.63, 3.8) is 0 Å². The Balaban J connectivity index is 1.01. The van der Waals surface area contributed by atoms with Crippen LogP contribution in [0, 0.1) is 5.41 Å². The van der Waals surface area contributed by atoms with Crippen LogP contribution in [0.1, 0.15) is 120 Å². The SMILES string of the molecule is COc1ccc(C(OCc2ccc(OP(C)(=O)OC3C(NC(=O)OCC4c5cc(C(C)(C)C)ccc5-c5ccc(C(C)(C)C)cc54)[C@H](C)O[C@@H]3COC(=O)C(C)(C)C)cc2)(c2ccccc2)c2ccc(OC)cc2)cc1. The third-order valence-corrected chi connectivity index (χ3v) is 15.5. The van der Waals surface area contributed by atoms with Crippen LogP contribution in [0.2, 0.25) is 0 Å². The van der Waals surface area contributed by atoms with E-state index in [0.29, 0.717) is 0 Å². The highest BCUT2D eigenvalue weighted by atomic mass is 31.2. The molecule has 8 rings (SSSR count). The number of rotatable bonds is 17. The fourth-order valence-electron chi connectivity index (χ4n) is 9.93. The van der Waals surface area contributed by atoms with E-state index in [1.807, 2.05) is 91.0 Å². The Bertz CT molecular complexity index is 2920. The van der Waals surface area contributed by atoms with Gasteiger partial charge in [0.15, 0.2) is 0 Å². The summed E-state index contributed by atoms with van der Waals surface area (Å²) in [7, 11) is -0.715.